The molecule has 0 aliphatic rings. The molecule has 6 nitrogen and oxygen atoms in total. The van der Waals surface area contributed by atoms with Gasteiger partial charge in [-0.05, 0) is 55.8 Å². The Hall–Kier alpha value is -3.12. The summed E-state index contributed by atoms with van der Waals surface area (Å²) in [6, 6.07) is 12.6. The number of H-pyrrole nitrogens is 1. The fraction of sp³-hybridized carbons (Fsp3) is 0.261. The second-order valence-electron chi connectivity index (χ2n) is 7.18. The number of hydrogen-bond acceptors (Lipinski definition) is 5. The maximum absolute atomic E-state index is 13.7. The van der Waals surface area contributed by atoms with Crippen molar-refractivity contribution in [3.8, 4) is 5.75 Å². The lowest BCUT2D eigenvalue weighted by molar-refractivity contribution is 0.0961. The molecule has 0 fully saturated rings. The Morgan fingerprint density at radius 3 is 2.70 bits per heavy atom. The number of rotatable bonds is 7. The van der Waals surface area contributed by atoms with Crippen molar-refractivity contribution >= 4 is 28.3 Å². The minimum absolute atomic E-state index is 0.134. The van der Waals surface area contributed by atoms with Crippen molar-refractivity contribution in [1.29, 1.82) is 0 Å². The number of halogens is 1. The molecule has 4 rings (SSSR count). The number of ketones is 1. The standard InChI is InChI=1S/C23H22ClN3O3/c1-4-5-19-26-23(30-27-19)21(22(28)14-6-8-15(24)9-7-14)20-13(2)25-18-11-10-16(29-3)12-17(18)20/h6-12,21,25H,4-5H2,1-3H3. The van der Waals surface area contributed by atoms with Crippen LogP contribution >= 0.6 is 11.6 Å². The lowest BCUT2D eigenvalue weighted by Gasteiger charge is -2.13. The summed E-state index contributed by atoms with van der Waals surface area (Å²) in [5.74, 6) is 0.703. The first-order chi connectivity index (χ1) is 14.5. The zero-order chi connectivity index (χ0) is 21.3. The van der Waals surface area contributed by atoms with Crippen LogP contribution in [0.1, 0.15) is 52.6 Å². The van der Waals surface area contributed by atoms with E-state index < -0.39 is 5.92 Å². The zero-order valence-corrected chi connectivity index (χ0v) is 17.8. The minimum Gasteiger partial charge on any atom is -0.497 e. The van der Waals surface area contributed by atoms with Gasteiger partial charge in [0.2, 0.25) is 5.89 Å². The number of aromatic amines is 1. The van der Waals surface area contributed by atoms with Gasteiger partial charge < -0.3 is 14.2 Å². The van der Waals surface area contributed by atoms with E-state index in [-0.39, 0.29) is 11.7 Å². The molecule has 0 saturated heterocycles. The van der Waals surface area contributed by atoms with E-state index in [0.29, 0.717) is 28.6 Å². The maximum atomic E-state index is 13.7. The molecular formula is C23H22ClN3O3. The number of aromatic nitrogens is 3. The van der Waals surface area contributed by atoms with Crippen LogP contribution in [0.15, 0.2) is 47.0 Å². The number of Topliss-reactive ketones (excluding diaryl/α,β-unsaturated/α-hetero) is 1. The summed E-state index contributed by atoms with van der Waals surface area (Å²) < 4.78 is 11.0. The highest BCUT2D eigenvalue weighted by Gasteiger charge is 2.33. The molecule has 2 heterocycles. The van der Waals surface area contributed by atoms with Gasteiger partial charge in [0, 0.05) is 39.2 Å². The van der Waals surface area contributed by atoms with Gasteiger partial charge in [-0.1, -0.05) is 23.7 Å². The fourth-order valence-electron chi connectivity index (χ4n) is 3.68. The number of nitrogens with zero attached hydrogens (tertiary/aromatic N) is 2. The molecule has 0 bridgehead atoms. The number of fused-ring (bicyclic) bond motifs is 1. The van der Waals surface area contributed by atoms with Crippen LogP contribution in [0.5, 0.6) is 5.75 Å². The summed E-state index contributed by atoms with van der Waals surface area (Å²) in [6.45, 7) is 3.98. The quantitative estimate of drug-likeness (QED) is 0.397. The lowest BCUT2D eigenvalue weighted by atomic mass is 9.88. The summed E-state index contributed by atoms with van der Waals surface area (Å²) in [6.07, 6.45) is 1.57. The molecule has 0 saturated carbocycles. The van der Waals surface area contributed by atoms with E-state index in [9.17, 15) is 4.79 Å². The van der Waals surface area contributed by atoms with Crippen LogP contribution in [0.3, 0.4) is 0 Å². The molecule has 154 valence electrons. The van der Waals surface area contributed by atoms with Crippen LogP contribution in [-0.4, -0.2) is 28.0 Å². The Balaban J connectivity index is 1.91. The Bertz CT molecular complexity index is 1190. The van der Waals surface area contributed by atoms with Crippen molar-refractivity contribution in [2.45, 2.75) is 32.6 Å². The monoisotopic (exact) mass is 423 g/mol. The van der Waals surface area contributed by atoms with Gasteiger partial charge in [0.05, 0.1) is 7.11 Å². The first-order valence-electron chi connectivity index (χ1n) is 9.80. The number of carbonyl (C=O) groups excluding carboxylic acids is 1. The Morgan fingerprint density at radius 2 is 2.00 bits per heavy atom. The maximum Gasteiger partial charge on any atom is 0.242 e. The van der Waals surface area contributed by atoms with E-state index in [2.05, 4.69) is 15.1 Å². The molecule has 0 spiro atoms. The van der Waals surface area contributed by atoms with Crippen molar-refractivity contribution < 1.29 is 14.1 Å². The van der Waals surface area contributed by atoms with Gasteiger partial charge >= 0.3 is 0 Å². The highest BCUT2D eigenvalue weighted by molar-refractivity contribution is 6.30. The fourth-order valence-corrected chi connectivity index (χ4v) is 3.81. The smallest absolute Gasteiger partial charge is 0.242 e. The molecule has 7 heteroatoms. The van der Waals surface area contributed by atoms with Crippen LogP contribution in [0.4, 0.5) is 0 Å². The summed E-state index contributed by atoms with van der Waals surface area (Å²) in [4.78, 5) is 21.6. The predicted molar refractivity (Wildman–Crippen MR) is 116 cm³/mol. The van der Waals surface area contributed by atoms with E-state index in [0.717, 1.165) is 28.6 Å². The second kappa shape index (κ2) is 8.32. The van der Waals surface area contributed by atoms with E-state index >= 15 is 0 Å². The van der Waals surface area contributed by atoms with Crippen LogP contribution in [0.2, 0.25) is 5.02 Å². The Kier molecular flexibility index (Phi) is 5.59. The highest BCUT2D eigenvalue weighted by Crippen LogP contribution is 2.37. The SMILES string of the molecule is CCCc1noc(C(C(=O)c2ccc(Cl)cc2)c2c(C)[nH]c3ccc(OC)cc23)n1. The third-order valence-corrected chi connectivity index (χ3v) is 5.38. The van der Waals surface area contributed by atoms with E-state index in [1.54, 1.807) is 31.4 Å². The van der Waals surface area contributed by atoms with E-state index in [4.69, 9.17) is 20.9 Å². The van der Waals surface area contributed by atoms with Crippen molar-refractivity contribution in [1.82, 2.24) is 15.1 Å². The molecule has 4 aromatic rings. The molecule has 0 amide bonds. The molecule has 2 aromatic carbocycles. The van der Waals surface area contributed by atoms with Crippen molar-refractivity contribution in [3.05, 3.63) is 76.0 Å². The Labute approximate surface area is 179 Å². The van der Waals surface area contributed by atoms with Crippen molar-refractivity contribution in [2.24, 2.45) is 0 Å². The molecular weight excluding hydrogens is 402 g/mol. The molecule has 0 radical (unpaired) electrons. The third-order valence-electron chi connectivity index (χ3n) is 5.13. The molecule has 30 heavy (non-hydrogen) atoms. The van der Waals surface area contributed by atoms with Gasteiger partial charge in [0.1, 0.15) is 11.7 Å². The van der Waals surface area contributed by atoms with E-state index in [1.165, 1.54) is 0 Å². The first-order valence-corrected chi connectivity index (χ1v) is 10.2. The zero-order valence-electron chi connectivity index (χ0n) is 17.0. The average molecular weight is 424 g/mol. The molecule has 1 unspecified atom stereocenters. The summed E-state index contributed by atoms with van der Waals surface area (Å²) in [5, 5.41) is 5.53. The summed E-state index contributed by atoms with van der Waals surface area (Å²) in [7, 11) is 1.62. The number of aryl methyl sites for hydroxylation is 2. The number of methoxy groups -OCH3 is 1. The van der Waals surface area contributed by atoms with Gasteiger partial charge in [0.15, 0.2) is 11.6 Å². The molecule has 0 aliphatic heterocycles. The summed E-state index contributed by atoms with van der Waals surface area (Å²) >= 11 is 6.02. The van der Waals surface area contributed by atoms with Crippen molar-refractivity contribution in [3.63, 3.8) is 0 Å². The van der Waals surface area contributed by atoms with Gasteiger partial charge in [-0.15, -0.1) is 0 Å². The first kappa shape index (κ1) is 20.2. The summed E-state index contributed by atoms with van der Waals surface area (Å²) in [5.41, 5.74) is 3.10. The van der Waals surface area contributed by atoms with Crippen LogP contribution in [0, 0.1) is 6.92 Å². The molecule has 1 N–H and O–H groups in total. The minimum atomic E-state index is -0.745. The van der Waals surface area contributed by atoms with Crippen molar-refractivity contribution in [2.75, 3.05) is 7.11 Å². The predicted octanol–water partition coefficient (Wildman–Crippen LogP) is 5.49. The molecule has 0 aliphatic carbocycles. The van der Waals surface area contributed by atoms with Gasteiger partial charge in [-0.25, -0.2) is 0 Å². The molecule has 1 atom stereocenters. The number of ether oxygens (including phenoxy) is 1. The van der Waals surface area contributed by atoms with E-state index in [1.807, 2.05) is 32.0 Å². The van der Waals surface area contributed by atoms with Crippen LogP contribution in [-0.2, 0) is 6.42 Å². The number of carbonyl (C=O) groups is 1. The normalized spacial score (nSPS) is 12.3. The van der Waals surface area contributed by atoms with Crippen LogP contribution < -0.4 is 4.74 Å². The molecule has 2 aromatic heterocycles. The largest absolute Gasteiger partial charge is 0.497 e. The highest BCUT2D eigenvalue weighted by atomic mass is 35.5. The third kappa shape index (κ3) is 3.71. The van der Waals surface area contributed by atoms with Gasteiger partial charge in [-0.3, -0.25) is 4.79 Å². The van der Waals surface area contributed by atoms with Gasteiger partial charge in [-0.2, -0.15) is 4.98 Å². The Morgan fingerprint density at radius 1 is 1.23 bits per heavy atom. The van der Waals surface area contributed by atoms with Crippen LogP contribution in [0.25, 0.3) is 10.9 Å². The topological polar surface area (TPSA) is 81.0 Å². The number of nitrogens with one attached hydrogen (secondary N) is 1. The number of hydrogen-bond donors (Lipinski definition) is 1. The number of benzene rings is 2. The van der Waals surface area contributed by atoms with Gasteiger partial charge in [0.25, 0.3) is 0 Å². The second-order valence-corrected chi connectivity index (χ2v) is 7.61. The lowest BCUT2D eigenvalue weighted by Crippen LogP contribution is -2.16. The average Bonchev–Trinajstić information content (AvgIpc) is 3.33.